The van der Waals surface area contributed by atoms with Crippen LogP contribution >= 0.6 is 0 Å². The molecule has 2 atom stereocenters. The lowest BCUT2D eigenvalue weighted by molar-refractivity contribution is -0.154. The van der Waals surface area contributed by atoms with Crippen molar-refractivity contribution in [2.45, 2.75) is 38.8 Å². The normalized spacial score (nSPS) is 14.9. The van der Waals surface area contributed by atoms with Crippen molar-refractivity contribution in [3.05, 3.63) is 35.9 Å². The smallest absolute Gasteiger partial charge is 0.363 e. The van der Waals surface area contributed by atoms with Gasteiger partial charge in [0.05, 0.1) is 6.61 Å². The molecule has 0 aliphatic heterocycles. The van der Waals surface area contributed by atoms with Gasteiger partial charge in [-0.05, 0) is 18.8 Å². The van der Waals surface area contributed by atoms with Gasteiger partial charge in [-0.25, -0.2) is 9.18 Å². The van der Waals surface area contributed by atoms with E-state index in [2.05, 4.69) is 13.8 Å². The molecule has 0 amide bonds. The molecule has 0 fully saturated rings. The number of hydrogen-bond acceptors (Lipinski definition) is 3. The summed E-state index contributed by atoms with van der Waals surface area (Å²) in [6, 6.07) is 9.08. The van der Waals surface area contributed by atoms with Crippen LogP contribution in [0.15, 0.2) is 30.3 Å². The molecule has 1 unspecified atom stereocenters. The van der Waals surface area contributed by atoms with Crippen LogP contribution in [0.5, 0.6) is 0 Å². The maximum absolute atomic E-state index is 14.5. The number of benzene rings is 1. The van der Waals surface area contributed by atoms with Crippen LogP contribution in [0, 0.1) is 17.2 Å². The van der Waals surface area contributed by atoms with Crippen molar-refractivity contribution < 1.29 is 13.9 Å². The summed E-state index contributed by atoms with van der Waals surface area (Å²) in [6.07, 6.45) is 2.65. The molecule has 4 heteroatoms. The van der Waals surface area contributed by atoms with E-state index in [0.29, 0.717) is 12.3 Å². The standard InChI is InChI=1S/C16H20FNO2/c1-3-13(2)8-7-11-20-15(19)16(17,12-18)14-9-5-4-6-10-14/h4-6,9-10,13H,3,7-8,11H2,1-2H3/t13?,16-/m1/s1. The molecule has 0 saturated carbocycles. The monoisotopic (exact) mass is 277 g/mol. The summed E-state index contributed by atoms with van der Waals surface area (Å²) in [7, 11) is 0. The number of halogens is 1. The van der Waals surface area contributed by atoms with Crippen LogP contribution in [-0.4, -0.2) is 12.6 Å². The first-order valence-corrected chi connectivity index (χ1v) is 6.87. The summed E-state index contributed by atoms with van der Waals surface area (Å²) in [5.74, 6) is -0.579. The second-order valence-electron chi connectivity index (χ2n) is 4.93. The van der Waals surface area contributed by atoms with Crippen molar-refractivity contribution in [2.75, 3.05) is 6.61 Å². The molecular weight excluding hydrogens is 257 g/mol. The number of rotatable bonds is 7. The summed E-state index contributed by atoms with van der Waals surface area (Å²) in [5, 5.41) is 8.97. The van der Waals surface area contributed by atoms with E-state index in [-0.39, 0.29) is 12.2 Å². The van der Waals surface area contributed by atoms with Crippen molar-refractivity contribution in [1.82, 2.24) is 0 Å². The summed E-state index contributed by atoms with van der Waals surface area (Å²) < 4.78 is 19.4. The number of carbonyl (C=O) groups excluding carboxylic acids is 1. The molecule has 1 aromatic carbocycles. The molecule has 0 aromatic heterocycles. The molecular formula is C16H20FNO2. The van der Waals surface area contributed by atoms with Crippen molar-refractivity contribution >= 4 is 5.97 Å². The van der Waals surface area contributed by atoms with Gasteiger partial charge in [-0.3, -0.25) is 0 Å². The van der Waals surface area contributed by atoms with E-state index in [1.54, 1.807) is 18.2 Å². The van der Waals surface area contributed by atoms with Crippen LogP contribution in [0.4, 0.5) is 4.39 Å². The predicted molar refractivity (Wildman–Crippen MR) is 74.5 cm³/mol. The maximum Gasteiger partial charge on any atom is 0.363 e. The number of nitrogens with zero attached hydrogens (tertiary/aromatic N) is 1. The van der Waals surface area contributed by atoms with E-state index in [1.165, 1.54) is 18.2 Å². The Labute approximate surface area is 119 Å². The lowest BCUT2D eigenvalue weighted by Crippen LogP contribution is -2.31. The Kier molecular flexibility index (Phi) is 6.17. The van der Waals surface area contributed by atoms with E-state index >= 15 is 0 Å². The zero-order valence-electron chi connectivity index (χ0n) is 11.9. The Morgan fingerprint density at radius 1 is 1.45 bits per heavy atom. The fourth-order valence-corrected chi connectivity index (χ4v) is 1.80. The van der Waals surface area contributed by atoms with Gasteiger partial charge in [-0.15, -0.1) is 0 Å². The Morgan fingerprint density at radius 3 is 2.65 bits per heavy atom. The second-order valence-corrected chi connectivity index (χ2v) is 4.93. The topological polar surface area (TPSA) is 50.1 Å². The fourth-order valence-electron chi connectivity index (χ4n) is 1.80. The molecule has 1 aromatic rings. The Hall–Kier alpha value is -1.89. The Morgan fingerprint density at radius 2 is 2.10 bits per heavy atom. The molecule has 0 aliphatic carbocycles. The zero-order chi connectivity index (χ0) is 15.0. The summed E-state index contributed by atoms with van der Waals surface area (Å²) in [4.78, 5) is 11.8. The molecule has 3 nitrogen and oxygen atoms in total. The van der Waals surface area contributed by atoms with Gasteiger partial charge in [-0.1, -0.05) is 50.6 Å². The lowest BCUT2D eigenvalue weighted by atomic mass is 9.97. The van der Waals surface area contributed by atoms with Gasteiger partial charge in [0.15, 0.2) is 0 Å². The van der Waals surface area contributed by atoms with Crippen molar-refractivity contribution in [2.24, 2.45) is 5.92 Å². The van der Waals surface area contributed by atoms with Gasteiger partial charge in [0.1, 0.15) is 6.07 Å². The number of esters is 1. The predicted octanol–water partition coefficient (Wildman–Crippen LogP) is 3.74. The van der Waals surface area contributed by atoms with Crippen LogP contribution < -0.4 is 0 Å². The van der Waals surface area contributed by atoms with Gasteiger partial charge in [0, 0.05) is 5.56 Å². The first-order valence-electron chi connectivity index (χ1n) is 6.87. The molecule has 108 valence electrons. The van der Waals surface area contributed by atoms with Crippen molar-refractivity contribution in [3.63, 3.8) is 0 Å². The minimum absolute atomic E-state index is 0.00873. The quantitative estimate of drug-likeness (QED) is 0.563. The molecule has 0 radical (unpaired) electrons. The number of hydrogen-bond donors (Lipinski definition) is 0. The van der Waals surface area contributed by atoms with Crippen LogP contribution in [0.25, 0.3) is 0 Å². The first-order chi connectivity index (χ1) is 9.54. The van der Waals surface area contributed by atoms with E-state index in [4.69, 9.17) is 10.00 Å². The number of ether oxygens (including phenoxy) is 1. The van der Waals surface area contributed by atoms with Gasteiger partial charge in [-0.2, -0.15) is 5.26 Å². The highest BCUT2D eigenvalue weighted by Crippen LogP contribution is 2.27. The Bertz CT molecular complexity index is 469. The van der Waals surface area contributed by atoms with E-state index in [9.17, 15) is 9.18 Å². The highest BCUT2D eigenvalue weighted by atomic mass is 19.1. The third kappa shape index (κ3) is 4.06. The second kappa shape index (κ2) is 7.64. The molecule has 20 heavy (non-hydrogen) atoms. The largest absolute Gasteiger partial charge is 0.462 e. The molecule has 0 spiro atoms. The molecule has 0 saturated heterocycles. The molecule has 0 heterocycles. The van der Waals surface area contributed by atoms with Crippen LogP contribution in [0.1, 0.15) is 38.7 Å². The minimum Gasteiger partial charge on any atom is -0.462 e. The zero-order valence-corrected chi connectivity index (χ0v) is 11.9. The van der Waals surface area contributed by atoms with Crippen LogP contribution in [-0.2, 0) is 15.2 Å². The highest BCUT2D eigenvalue weighted by Gasteiger charge is 2.42. The average molecular weight is 277 g/mol. The van der Waals surface area contributed by atoms with E-state index in [0.717, 1.165) is 12.8 Å². The fraction of sp³-hybridized carbons (Fsp3) is 0.500. The van der Waals surface area contributed by atoms with Crippen molar-refractivity contribution in [3.8, 4) is 6.07 Å². The SMILES string of the molecule is CCC(C)CCCOC(=O)[C@@](F)(C#N)c1ccccc1. The molecule has 0 N–H and O–H groups in total. The molecule has 0 aliphatic rings. The van der Waals surface area contributed by atoms with E-state index in [1.807, 2.05) is 0 Å². The van der Waals surface area contributed by atoms with Gasteiger partial charge < -0.3 is 4.74 Å². The van der Waals surface area contributed by atoms with Gasteiger partial charge in [0.25, 0.3) is 0 Å². The van der Waals surface area contributed by atoms with Gasteiger partial charge >= 0.3 is 11.6 Å². The highest BCUT2D eigenvalue weighted by molar-refractivity contribution is 5.84. The van der Waals surface area contributed by atoms with Crippen LogP contribution in [0.2, 0.25) is 0 Å². The molecule has 0 bridgehead atoms. The first kappa shape index (κ1) is 16.2. The lowest BCUT2D eigenvalue weighted by Gasteiger charge is -2.16. The summed E-state index contributed by atoms with van der Waals surface area (Å²) in [6.45, 7) is 4.35. The van der Waals surface area contributed by atoms with E-state index < -0.39 is 11.6 Å². The molecule has 1 rings (SSSR count). The summed E-state index contributed by atoms with van der Waals surface area (Å²) >= 11 is 0. The Balaban J connectivity index is 2.58. The van der Waals surface area contributed by atoms with Gasteiger partial charge in [0.2, 0.25) is 0 Å². The van der Waals surface area contributed by atoms with Crippen LogP contribution in [0.3, 0.4) is 0 Å². The summed E-state index contributed by atoms with van der Waals surface area (Å²) in [5.41, 5.74) is -2.72. The number of alkyl halides is 1. The third-order valence-electron chi connectivity index (χ3n) is 3.38. The number of carbonyl (C=O) groups is 1. The third-order valence-corrected chi connectivity index (χ3v) is 3.38. The number of nitriles is 1. The average Bonchev–Trinajstić information content (AvgIpc) is 2.50. The minimum atomic E-state index is -2.72. The maximum atomic E-state index is 14.5. The van der Waals surface area contributed by atoms with Crippen molar-refractivity contribution in [1.29, 1.82) is 5.26 Å².